The van der Waals surface area contributed by atoms with Crippen LogP contribution in [0.1, 0.15) is 66.0 Å². The molecule has 7 heteroatoms. The van der Waals surface area contributed by atoms with Crippen molar-refractivity contribution in [1.29, 1.82) is 0 Å². The van der Waals surface area contributed by atoms with Crippen LogP contribution in [0.5, 0.6) is 0 Å². The fourth-order valence-corrected chi connectivity index (χ4v) is 6.22. The van der Waals surface area contributed by atoms with Gasteiger partial charge in [0.25, 0.3) is 5.91 Å². The molecular weight excluding hydrogens is 443 g/mol. The smallest absolute Gasteiger partial charge is 0.274 e. The molecule has 2 fully saturated rings. The number of aryl methyl sites for hydroxylation is 1. The molecule has 0 spiro atoms. The van der Waals surface area contributed by atoms with Crippen LogP contribution < -0.4 is 4.90 Å². The average molecular weight is 483 g/mol. The second kappa shape index (κ2) is 9.92. The van der Waals surface area contributed by atoms with Crippen molar-refractivity contribution < 1.29 is 13.9 Å². The van der Waals surface area contributed by atoms with Crippen molar-refractivity contribution in [3.8, 4) is 0 Å². The summed E-state index contributed by atoms with van der Waals surface area (Å²) in [5, 5.41) is 4.71. The van der Waals surface area contributed by atoms with Crippen molar-refractivity contribution in [3.63, 3.8) is 0 Å². The van der Waals surface area contributed by atoms with E-state index in [1.165, 1.54) is 16.8 Å². The lowest BCUT2D eigenvalue weighted by Gasteiger charge is -2.36. The maximum absolute atomic E-state index is 15.6. The number of carbonyl (C=O) groups is 1. The number of aromatic nitrogens is 2. The number of fused-ring (bicyclic) bond motifs is 1. The van der Waals surface area contributed by atoms with E-state index in [1.807, 2.05) is 23.4 Å². The predicted molar refractivity (Wildman–Crippen MR) is 136 cm³/mol. The van der Waals surface area contributed by atoms with E-state index >= 15 is 4.39 Å². The standard InChI is InChI=1S/C28H39FN4O2/c1-18-7-5-9-25(21(18)4)31-13-11-22(12-14-31)24(29)17-33-26-10-6-8-23(26)27(30-33)28(34)32-15-19(2)35-20(3)16-32/h5,7,9,19-20,22,24H,6,8,10-17H2,1-4H3/t19-,20+,24-/m0/s1. The topological polar surface area (TPSA) is 50.6 Å². The third-order valence-electron chi connectivity index (χ3n) is 8.23. The number of hydrogen-bond acceptors (Lipinski definition) is 4. The summed E-state index contributed by atoms with van der Waals surface area (Å²) in [4.78, 5) is 17.6. The second-order valence-corrected chi connectivity index (χ2v) is 10.8. The van der Waals surface area contributed by atoms with Crippen LogP contribution >= 0.6 is 0 Å². The minimum Gasteiger partial charge on any atom is -0.372 e. The highest BCUT2D eigenvalue weighted by Crippen LogP contribution is 2.32. The highest BCUT2D eigenvalue weighted by Gasteiger charge is 2.34. The first-order chi connectivity index (χ1) is 16.8. The largest absolute Gasteiger partial charge is 0.372 e. The number of piperidine rings is 1. The summed E-state index contributed by atoms with van der Waals surface area (Å²) < 4.78 is 23.2. The van der Waals surface area contributed by atoms with Crippen molar-refractivity contribution in [2.45, 2.75) is 84.7 Å². The Morgan fingerprint density at radius 2 is 1.86 bits per heavy atom. The molecule has 6 nitrogen and oxygen atoms in total. The number of anilines is 1. The van der Waals surface area contributed by atoms with Crippen molar-refractivity contribution in [2.24, 2.45) is 5.92 Å². The number of nitrogens with zero attached hydrogens (tertiary/aromatic N) is 4. The summed E-state index contributed by atoms with van der Waals surface area (Å²) in [5.41, 5.74) is 6.54. The first-order valence-corrected chi connectivity index (χ1v) is 13.3. The van der Waals surface area contributed by atoms with Crippen molar-refractivity contribution in [2.75, 3.05) is 31.1 Å². The normalized spacial score (nSPS) is 24.0. The van der Waals surface area contributed by atoms with Crippen LogP contribution in [0.3, 0.4) is 0 Å². The number of benzene rings is 1. The third-order valence-corrected chi connectivity index (χ3v) is 8.23. The van der Waals surface area contributed by atoms with Crippen LogP contribution in [-0.2, 0) is 24.1 Å². The van der Waals surface area contributed by atoms with Gasteiger partial charge in [-0.1, -0.05) is 12.1 Å². The van der Waals surface area contributed by atoms with E-state index in [2.05, 4.69) is 36.9 Å². The Bertz CT molecular complexity index is 1070. The van der Waals surface area contributed by atoms with Crippen LogP contribution in [-0.4, -0.2) is 65.1 Å². The molecule has 2 aromatic rings. The molecule has 3 aliphatic rings. The van der Waals surface area contributed by atoms with Gasteiger partial charge in [-0.2, -0.15) is 5.10 Å². The van der Waals surface area contributed by atoms with E-state index in [0.29, 0.717) is 18.8 Å². The predicted octanol–water partition coefficient (Wildman–Crippen LogP) is 4.49. The van der Waals surface area contributed by atoms with E-state index < -0.39 is 6.17 Å². The first kappa shape index (κ1) is 24.3. The molecule has 0 radical (unpaired) electrons. The van der Waals surface area contributed by atoms with E-state index in [4.69, 9.17) is 9.84 Å². The van der Waals surface area contributed by atoms with Crippen LogP contribution in [0.2, 0.25) is 0 Å². The molecule has 3 atom stereocenters. The summed E-state index contributed by atoms with van der Waals surface area (Å²) in [6.07, 6.45) is 3.51. The number of ether oxygens (including phenoxy) is 1. The summed E-state index contributed by atoms with van der Waals surface area (Å²) in [5.74, 6) is -0.00106. The third kappa shape index (κ3) is 4.84. The van der Waals surface area contributed by atoms with E-state index in [1.54, 1.807) is 0 Å². The molecule has 2 saturated heterocycles. The maximum Gasteiger partial charge on any atom is 0.274 e. The first-order valence-electron chi connectivity index (χ1n) is 13.3. The number of carbonyl (C=O) groups excluding carboxylic acids is 1. The molecule has 0 saturated carbocycles. The Kier molecular flexibility index (Phi) is 6.88. The Balaban J connectivity index is 1.25. The van der Waals surface area contributed by atoms with Gasteiger partial charge in [-0.15, -0.1) is 0 Å². The van der Waals surface area contributed by atoms with Gasteiger partial charge in [0.2, 0.25) is 0 Å². The van der Waals surface area contributed by atoms with Gasteiger partial charge in [0.15, 0.2) is 5.69 Å². The van der Waals surface area contributed by atoms with Crippen molar-refractivity contribution >= 4 is 11.6 Å². The number of alkyl halides is 1. The van der Waals surface area contributed by atoms with E-state index in [9.17, 15) is 4.79 Å². The Morgan fingerprint density at radius 1 is 1.14 bits per heavy atom. The number of hydrogen-bond donors (Lipinski definition) is 0. The Morgan fingerprint density at radius 3 is 2.57 bits per heavy atom. The summed E-state index contributed by atoms with van der Waals surface area (Å²) in [6.45, 7) is 11.5. The Labute approximate surface area is 208 Å². The molecule has 1 aromatic heterocycles. The number of halogens is 1. The molecule has 0 unspecified atom stereocenters. The van der Waals surface area contributed by atoms with Gasteiger partial charge in [-0.05, 0) is 82.9 Å². The second-order valence-electron chi connectivity index (χ2n) is 10.8. The zero-order valence-electron chi connectivity index (χ0n) is 21.6. The molecule has 5 rings (SSSR count). The van der Waals surface area contributed by atoms with Crippen molar-refractivity contribution in [1.82, 2.24) is 14.7 Å². The molecule has 0 N–H and O–H groups in total. The summed E-state index contributed by atoms with van der Waals surface area (Å²) >= 11 is 0. The van der Waals surface area contributed by atoms with Gasteiger partial charge >= 0.3 is 0 Å². The molecule has 2 aliphatic heterocycles. The van der Waals surface area contributed by atoms with Crippen molar-refractivity contribution in [3.05, 3.63) is 46.3 Å². The highest BCUT2D eigenvalue weighted by atomic mass is 19.1. The van der Waals surface area contributed by atoms with Crippen LogP contribution in [0.4, 0.5) is 10.1 Å². The van der Waals surface area contributed by atoms with E-state index in [-0.39, 0.29) is 30.6 Å². The molecule has 190 valence electrons. The van der Waals surface area contributed by atoms with Gasteiger partial charge in [0.1, 0.15) is 6.17 Å². The lowest BCUT2D eigenvalue weighted by Crippen LogP contribution is -2.48. The molecule has 0 bridgehead atoms. The monoisotopic (exact) mass is 482 g/mol. The molecule has 1 aromatic carbocycles. The summed E-state index contributed by atoms with van der Waals surface area (Å²) in [6, 6.07) is 6.43. The zero-order valence-corrected chi connectivity index (χ0v) is 21.6. The fraction of sp³-hybridized carbons (Fsp3) is 0.643. The maximum atomic E-state index is 15.6. The van der Waals surface area contributed by atoms with Crippen LogP contribution in [0.15, 0.2) is 18.2 Å². The molecule has 3 heterocycles. The van der Waals surface area contributed by atoms with Crippen LogP contribution in [0, 0.1) is 19.8 Å². The molecule has 1 amide bonds. The highest BCUT2D eigenvalue weighted by molar-refractivity contribution is 5.94. The summed E-state index contributed by atoms with van der Waals surface area (Å²) in [7, 11) is 0. The van der Waals surface area contributed by atoms with Gasteiger partial charge in [-0.25, -0.2) is 4.39 Å². The van der Waals surface area contributed by atoms with Crippen LogP contribution in [0.25, 0.3) is 0 Å². The number of rotatable bonds is 5. The number of morpholine rings is 1. The molecule has 35 heavy (non-hydrogen) atoms. The quantitative estimate of drug-likeness (QED) is 0.630. The molecular formula is C28H39FN4O2. The number of amides is 1. The fourth-order valence-electron chi connectivity index (χ4n) is 6.22. The lowest BCUT2D eigenvalue weighted by atomic mass is 9.91. The van der Waals surface area contributed by atoms with Gasteiger partial charge in [0.05, 0.1) is 18.8 Å². The minimum absolute atomic E-state index is 0.0162. The lowest BCUT2D eigenvalue weighted by molar-refractivity contribution is -0.0587. The van der Waals surface area contributed by atoms with Gasteiger partial charge < -0.3 is 14.5 Å². The van der Waals surface area contributed by atoms with Gasteiger partial charge in [-0.3, -0.25) is 9.48 Å². The molecule has 1 aliphatic carbocycles. The average Bonchev–Trinajstić information content (AvgIpc) is 3.44. The van der Waals surface area contributed by atoms with E-state index in [0.717, 1.165) is 56.5 Å². The van der Waals surface area contributed by atoms with Gasteiger partial charge in [0, 0.05) is 43.1 Å². The Hall–Kier alpha value is -2.41. The minimum atomic E-state index is -0.952. The SMILES string of the molecule is Cc1cccc(N2CCC([C@@H](F)Cn3nc(C(=O)N4C[C@@H](C)O[C@@H](C)C4)c4c3CCC4)CC2)c1C. The zero-order chi connectivity index (χ0) is 24.7.